The van der Waals surface area contributed by atoms with E-state index in [1.807, 2.05) is 24.4 Å². The fourth-order valence-corrected chi connectivity index (χ4v) is 1.08. The summed E-state index contributed by atoms with van der Waals surface area (Å²) in [5, 5.41) is 16.6. The summed E-state index contributed by atoms with van der Waals surface area (Å²) in [6.45, 7) is 0.0722. The second-order valence-corrected chi connectivity index (χ2v) is 2.44. The summed E-state index contributed by atoms with van der Waals surface area (Å²) in [5.41, 5.74) is 1.79. The van der Waals surface area contributed by atoms with E-state index in [-0.39, 0.29) is 6.61 Å². The van der Waals surface area contributed by atoms with E-state index in [1.165, 1.54) is 0 Å². The average Bonchev–Trinajstić information content (AvgIpc) is 2.50. The summed E-state index contributed by atoms with van der Waals surface area (Å²) in [6.07, 6.45) is 1.83. The highest BCUT2D eigenvalue weighted by atomic mass is 16.3. The van der Waals surface area contributed by atoms with Gasteiger partial charge in [-0.3, -0.25) is 5.10 Å². The maximum Gasteiger partial charge on any atom is 0.0924 e. The number of hydrogen-bond donors (Lipinski definition) is 2. The summed E-state index contributed by atoms with van der Waals surface area (Å²) in [5.74, 6) is 0. The molecule has 3 nitrogen and oxygen atoms in total. The molecule has 1 heterocycles. The molecule has 0 fully saturated rings. The minimum Gasteiger partial charge on any atom is -0.392 e. The lowest BCUT2D eigenvalue weighted by molar-refractivity contribution is 0.282. The van der Waals surface area contributed by atoms with Crippen molar-refractivity contribution in [2.24, 2.45) is 0 Å². The van der Waals surface area contributed by atoms with Gasteiger partial charge in [-0.25, -0.2) is 0 Å². The highest BCUT2D eigenvalue weighted by Crippen LogP contribution is 2.11. The van der Waals surface area contributed by atoms with E-state index >= 15 is 0 Å². The molecule has 0 radical (unpaired) electrons. The molecule has 0 spiro atoms. The molecule has 0 bridgehead atoms. The van der Waals surface area contributed by atoms with Gasteiger partial charge in [0.05, 0.1) is 12.1 Å². The molecular formula is C8H8N2O. The van der Waals surface area contributed by atoms with Gasteiger partial charge in [-0.05, 0) is 11.6 Å². The molecule has 0 saturated heterocycles. The van der Waals surface area contributed by atoms with E-state index in [1.54, 1.807) is 0 Å². The van der Waals surface area contributed by atoms with E-state index in [2.05, 4.69) is 10.2 Å². The van der Waals surface area contributed by atoms with Crippen LogP contribution in [-0.2, 0) is 6.61 Å². The van der Waals surface area contributed by atoms with Crippen LogP contribution < -0.4 is 0 Å². The minimum absolute atomic E-state index is 0.0722. The van der Waals surface area contributed by atoms with Gasteiger partial charge in [0.25, 0.3) is 0 Å². The third-order valence-electron chi connectivity index (χ3n) is 1.68. The summed E-state index contributed by atoms with van der Waals surface area (Å²) in [6, 6.07) is 5.69. The van der Waals surface area contributed by atoms with Gasteiger partial charge in [-0.1, -0.05) is 12.1 Å². The van der Waals surface area contributed by atoms with Gasteiger partial charge in [0.15, 0.2) is 0 Å². The molecule has 3 heteroatoms. The van der Waals surface area contributed by atoms with E-state index in [4.69, 9.17) is 5.11 Å². The zero-order valence-corrected chi connectivity index (χ0v) is 5.91. The Balaban J connectivity index is 2.67. The fourth-order valence-electron chi connectivity index (χ4n) is 1.08. The van der Waals surface area contributed by atoms with Crippen LogP contribution in [0.25, 0.3) is 10.9 Å². The van der Waals surface area contributed by atoms with Crippen molar-refractivity contribution in [3.63, 3.8) is 0 Å². The van der Waals surface area contributed by atoms with Gasteiger partial charge in [0, 0.05) is 11.6 Å². The Kier molecular flexibility index (Phi) is 1.36. The predicted octanol–water partition coefficient (Wildman–Crippen LogP) is 1.06. The number of hydrogen-bond acceptors (Lipinski definition) is 2. The summed E-state index contributed by atoms with van der Waals surface area (Å²) in [4.78, 5) is 0. The van der Waals surface area contributed by atoms with Crippen molar-refractivity contribution in [1.82, 2.24) is 10.2 Å². The predicted molar refractivity (Wildman–Crippen MR) is 42.0 cm³/mol. The van der Waals surface area contributed by atoms with Crippen LogP contribution in [0.2, 0.25) is 0 Å². The van der Waals surface area contributed by atoms with Crippen molar-refractivity contribution in [2.45, 2.75) is 6.61 Å². The zero-order valence-electron chi connectivity index (χ0n) is 5.91. The van der Waals surface area contributed by atoms with Gasteiger partial charge in [0.1, 0.15) is 0 Å². The van der Waals surface area contributed by atoms with Crippen LogP contribution >= 0.6 is 0 Å². The first-order valence-corrected chi connectivity index (χ1v) is 3.43. The molecular weight excluding hydrogens is 140 g/mol. The van der Waals surface area contributed by atoms with E-state index < -0.39 is 0 Å². The Hall–Kier alpha value is -1.35. The zero-order chi connectivity index (χ0) is 7.68. The number of aromatic nitrogens is 2. The lowest BCUT2D eigenvalue weighted by Gasteiger charge is -1.92. The molecule has 2 rings (SSSR count). The van der Waals surface area contributed by atoms with E-state index in [0.717, 1.165) is 16.5 Å². The monoisotopic (exact) mass is 148 g/mol. The standard InChI is InChI=1S/C8H8N2O/c11-5-6-1-2-7-4-9-10-8(7)3-6/h1-4,11H,5H2,(H,9,10). The van der Waals surface area contributed by atoms with Crippen molar-refractivity contribution in [2.75, 3.05) is 0 Å². The first kappa shape index (κ1) is 6.37. The Morgan fingerprint density at radius 2 is 2.36 bits per heavy atom. The molecule has 0 aliphatic rings. The first-order valence-electron chi connectivity index (χ1n) is 3.43. The Bertz CT molecular complexity index is 367. The largest absolute Gasteiger partial charge is 0.392 e. The molecule has 0 aliphatic carbocycles. The van der Waals surface area contributed by atoms with Crippen LogP contribution in [0.5, 0.6) is 0 Å². The number of fused-ring (bicyclic) bond motifs is 1. The van der Waals surface area contributed by atoms with Crippen molar-refractivity contribution in [3.05, 3.63) is 30.0 Å². The maximum absolute atomic E-state index is 8.80. The Labute approximate surface area is 63.7 Å². The SMILES string of the molecule is OCc1ccc2c[nH]nc2c1. The van der Waals surface area contributed by atoms with Crippen LogP contribution in [0, 0.1) is 0 Å². The van der Waals surface area contributed by atoms with Gasteiger partial charge in [-0.15, -0.1) is 0 Å². The normalized spacial score (nSPS) is 10.6. The number of rotatable bonds is 1. The smallest absolute Gasteiger partial charge is 0.0924 e. The second kappa shape index (κ2) is 2.36. The second-order valence-electron chi connectivity index (χ2n) is 2.44. The van der Waals surface area contributed by atoms with Gasteiger partial charge in [-0.2, -0.15) is 5.10 Å². The van der Waals surface area contributed by atoms with Gasteiger partial charge >= 0.3 is 0 Å². The summed E-state index contributed by atoms with van der Waals surface area (Å²) >= 11 is 0. The molecule has 0 aliphatic heterocycles. The lowest BCUT2D eigenvalue weighted by Crippen LogP contribution is -1.80. The highest BCUT2D eigenvalue weighted by Gasteiger charge is 1.95. The van der Waals surface area contributed by atoms with E-state index in [0.29, 0.717) is 0 Å². The molecule has 56 valence electrons. The number of nitrogens with one attached hydrogen (secondary N) is 1. The molecule has 0 amide bonds. The van der Waals surface area contributed by atoms with Crippen LogP contribution in [-0.4, -0.2) is 15.3 Å². The molecule has 2 aromatic rings. The van der Waals surface area contributed by atoms with Gasteiger partial charge in [0.2, 0.25) is 0 Å². The summed E-state index contributed by atoms with van der Waals surface area (Å²) < 4.78 is 0. The number of aliphatic hydroxyl groups is 1. The number of aromatic amines is 1. The number of benzene rings is 1. The fraction of sp³-hybridized carbons (Fsp3) is 0.125. The molecule has 0 saturated carbocycles. The Morgan fingerprint density at radius 3 is 3.18 bits per heavy atom. The molecule has 0 atom stereocenters. The van der Waals surface area contributed by atoms with Gasteiger partial charge < -0.3 is 5.11 Å². The minimum atomic E-state index is 0.0722. The van der Waals surface area contributed by atoms with Crippen LogP contribution in [0.1, 0.15) is 5.56 Å². The lowest BCUT2D eigenvalue weighted by atomic mass is 10.2. The van der Waals surface area contributed by atoms with Crippen molar-refractivity contribution < 1.29 is 5.11 Å². The molecule has 0 unspecified atom stereocenters. The van der Waals surface area contributed by atoms with Crippen molar-refractivity contribution >= 4 is 10.9 Å². The van der Waals surface area contributed by atoms with Crippen molar-refractivity contribution in [1.29, 1.82) is 0 Å². The molecule has 2 N–H and O–H groups in total. The summed E-state index contributed by atoms with van der Waals surface area (Å²) in [7, 11) is 0. The Morgan fingerprint density at radius 1 is 1.45 bits per heavy atom. The third-order valence-corrected chi connectivity index (χ3v) is 1.68. The van der Waals surface area contributed by atoms with E-state index in [9.17, 15) is 0 Å². The van der Waals surface area contributed by atoms with Crippen LogP contribution in [0.4, 0.5) is 0 Å². The first-order chi connectivity index (χ1) is 5.40. The number of aliphatic hydroxyl groups excluding tert-OH is 1. The van der Waals surface area contributed by atoms with Crippen LogP contribution in [0.3, 0.4) is 0 Å². The molecule has 1 aromatic heterocycles. The molecule has 11 heavy (non-hydrogen) atoms. The van der Waals surface area contributed by atoms with Crippen LogP contribution in [0.15, 0.2) is 24.4 Å². The third kappa shape index (κ3) is 0.991. The highest BCUT2D eigenvalue weighted by molar-refractivity contribution is 5.78. The number of H-pyrrole nitrogens is 1. The molecule has 1 aromatic carbocycles. The number of nitrogens with zero attached hydrogens (tertiary/aromatic N) is 1. The topological polar surface area (TPSA) is 48.9 Å². The quantitative estimate of drug-likeness (QED) is 0.635. The maximum atomic E-state index is 8.80. The average molecular weight is 148 g/mol. The van der Waals surface area contributed by atoms with Crippen molar-refractivity contribution in [3.8, 4) is 0 Å².